The van der Waals surface area contributed by atoms with Gasteiger partial charge in [0, 0.05) is 5.56 Å². The first kappa shape index (κ1) is 9.39. The number of hydrogen-bond acceptors (Lipinski definition) is 4. The van der Waals surface area contributed by atoms with Crippen molar-refractivity contribution >= 4 is 17.9 Å². The number of rotatable bonds is 1. The number of nitrogens with one attached hydrogen (secondary N) is 1. The number of amides is 1. The first-order valence-electron chi connectivity index (χ1n) is 4.37. The molecule has 5 heteroatoms. The number of ether oxygens (including phenoxy) is 1. The topological polar surface area (TPSA) is 67.8 Å². The lowest BCUT2D eigenvalue weighted by molar-refractivity contribution is -0.132. The van der Waals surface area contributed by atoms with Crippen LogP contribution in [0.15, 0.2) is 35.3 Å². The van der Waals surface area contributed by atoms with Gasteiger partial charge in [-0.2, -0.15) is 0 Å². The van der Waals surface area contributed by atoms with Crippen molar-refractivity contribution in [2.75, 3.05) is 6.54 Å². The van der Waals surface area contributed by atoms with E-state index in [4.69, 9.17) is 0 Å². The Labute approximate surface area is 85.8 Å². The van der Waals surface area contributed by atoms with E-state index in [9.17, 15) is 9.59 Å². The molecule has 0 saturated heterocycles. The van der Waals surface area contributed by atoms with E-state index in [1.54, 1.807) is 24.3 Å². The highest BCUT2D eigenvalue weighted by atomic mass is 16.6. The number of benzene rings is 1. The molecule has 0 spiro atoms. The molecule has 15 heavy (non-hydrogen) atoms. The summed E-state index contributed by atoms with van der Waals surface area (Å²) in [5.74, 6) is -0.803. The first-order chi connectivity index (χ1) is 7.25. The Morgan fingerprint density at radius 3 is 2.67 bits per heavy atom. The van der Waals surface area contributed by atoms with Gasteiger partial charge in [0.1, 0.15) is 6.54 Å². The quantitative estimate of drug-likeness (QED) is 0.670. The predicted octanol–water partition coefficient (Wildman–Crippen LogP) is 0.329. The molecule has 1 amide bonds. The Morgan fingerprint density at radius 2 is 2.07 bits per heavy atom. The zero-order valence-electron chi connectivity index (χ0n) is 7.77. The van der Waals surface area contributed by atoms with Gasteiger partial charge in [0.05, 0.1) is 0 Å². The van der Waals surface area contributed by atoms with Gasteiger partial charge < -0.3 is 4.74 Å². The summed E-state index contributed by atoms with van der Waals surface area (Å²) in [6.07, 6.45) is 0. The van der Waals surface area contributed by atoms with Gasteiger partial charge in [-0.1, -0.05) is 18.2 Å². The molecule has 0 unspecified atom stereocenters. The monoisotopic (exact) mass is 204 g/mol. The van der Waals surface area contributed by atoms with Crippen molar-refractivity contribution in [3.8, 4) is 0 Å². The minimum atomic E-state index is -0.460. The van der Waals surface area contributed by atoms with Gasteiger partial charge in [0.15, 0.2) is 0 Å². The molecule has 0 saturated carbocycles. The Hall–Kier alpha value is -2.17. The number of carbonyl (C=O) groups excluding carboxylic acids is 2. The van der Waals surface area contributed by atoms with Crippen LogP contribution >= 0.6 is 0 Å². The third kappa shape index (κ3) is 2.19. The maximum absolute atomic E-state index is 11.5. The van der Waals surface area contributed by atoms with Crippen LogP contribution in [0.5, 0.6) is 0 Å². The lowest BCUT2D eigenvalue weighted by Crippen LogP contribution is -2.31. The third-order valence-corrected chi connectivity index (χ3v) is 1.82. The van der Waals surface area contributed by atoms with E-state index >= 15 is 0 Å². The number of carbonyl (C=O) groups is 2. The van der Waals surface area contributed by atoms with Crippen molar-refractivity contribution in [3.63, 3.8) is 0 Å². The molecule has 1 heterocycles. The predicted molar refractivity (Wildman–Crippen MR) is 52.3 cm³/mol. The molecule has 1 aliphatic heterocycles. The van der Waals surface area contributed by atoms with Crippen LogP contribution in [0.4, 0.5) is 0 Å². The molecule has 2 rings (SSSR count). The lowest BCUT2D eigenvalue weighted by Gasteiger charge is -2.02. The van der Waals surface area contributed by atoms with Crippen LogP contribution in [0.3, 0.4) is 0 Å². The molecule has 1 aromatic carbocycles. The van der Waals surface area contributed by atoms with Gasteiger partial charge in [-0.3, -0.25) is 10.1 Å². The zero-order valence-corrected chi connectivity index (χ0v) is 7.77. The fourth-order valence-electron chi connectivity index (χ4n) is 1.13. The molecule has 0 aromatic heterocycles. The Kier molecular flexibility index (Phi) is 2.45. The summed E-state index contributed by atoms with van der Waals surface area (Å²) in [7, 11) is 0. The Balaban J connectivity index is 2.02. The van der Waals surface area contributed by atoms with Crippen LogP contribution in [0.2, 0.25) is 0 Å². The molecule has 5 nitrogen and oxygen atoms in total. The van der Waals surface area contributed by atoms with Crippen LogP contribution in [0.1, 0.15) is 10.4 Å². The van der Waals surface area contributed by atoms with Crippen molar-refractivity contribution in [2.45, 2.75) is 0 Å². The summed E-state index contributed by atoms with van der Waals surface area (Å²) in [6, 6.07) is 8.59. The standard InChI is InChI=1S/C10H8N2O3/c13-8-6-11-10(15-8)12-9(14)7-4-2-1-3-5-7/h1-5H,6H2,(H,11,12,14). The van der Waals surface area contributed by atoms with E-state index < -0.39 is 5.97 Å². The summed E-state index contributed by atoms with van der Waals surface area (Å²) in [5.41, 5.74) is 0.489. The smallest absolute Gasteiger partial charge is 0.335 e. The van der Waals surface area contributed by atoms with Crippen molar-refractivity contribution in [2.24, 2.45) is 4.99 Å². The van der Waals surface area contributed by atoms with E-state index in [1.165, 1.54) is 0 Å². The van der Waals surface area contributed by atoms with Crippen molar-refractivity contribution < 1.29 is 14.3 Å². The van der Waals surface area contributed by atoms with Crippen LogP contribution in [0, 0.1) is 0 Å². The normalized spacial score (nSPS) is 14.4. The maximum atomic E-state index is 11.5. The summed E-state index contributed by atoms with van der Waals surface area (Å²) in [5, 5.41) is 2.39. The number of aliphatic imine (C=N–C) groups is 1. The number of cyclic esters (lactones) is 1. The van der Waals surface area contributed by atoms with E-state index in [2.05, 4.69) is 15.0 Å². The molecule has 0 bridgehead atoms. The average Bonchev–Trinajstić information content (AvgIpc) is 2.65. The first-order valence-corrected chi connectivity index (χ1v) is 4.37. The highest BCUT2D eigenvalue weighted by Gasteiger charge is 2.18. The molecule has 76 valence electrons. The van der Waals surface area contributed by atoms with Crippen molar-refractivity contribution in [3.05, 3.63) is 35.9 Å². The largest absolute Gasteiger partial charge is 0.391 e. The minimum Gasteiger partial charge on any atom is -0.391 e. The minimum absolute atomic E-state index is 0.0335. The van der Waals surface area contributed by atoms with Crippen LogP contribution < -0.4 is 5.32 Å². The molecule has 1 aromatic rings. The third-order valence-electron chi connectivity index (χ3n) is 1.82. The summed E-state index contributed by atoms with van der Waals surface area (Å²) < 4.78 is 4.63. The molecule has 0 aliphatic carbocycles. The second-order valence-electron chi connectivity index (χ2n) is 2.92. The molecular weight excluding hydrogens is 196 g/mol. The van der Waals surface area contributed by atoms with E-state index in [1.807, 2.05) is 6.07 Å². The molecule has 1 N–H and O–H groups in total. The second-order valence-corrected chi connectivity index (χ2v) is 2.92. The van der Waals surface area contributed by atoms with Crippen molar-refractivity contribution in [1.82, 2.24) is 5.32 Å². The Morgan fingerprint density at radius 1 is 1.33 bits per heavy atom. The van der Waals surface area contributed by atoms with Gasteiger partial charge in [-0.25, -0.2) is 9.79 Å². The van der Waals surface area contributed by atoms with Gasteiger partial charge in [0.2, 0.25) is 0 Å². The van der Waals surface area contributed by atoms with E-state index in [-0.39, 0.29) is 18.5 Å². The molecule has 1 aliphatic rings. The number of amidine groups is 1. The number of nitrogens with zero attached hydrogens (tertiary/aromatic N) is 1. The molecule has 0 radical (unpaired) electrons. The Bertz CT molecular complexity index is 426. The average molecular weight is 204 g/mol. The summed E-state index contributed by atoms with van der Waals surface area (Å²) in [4.78, 5) is 25.9. The van der Waals surface area contributed by atoms with E-state index in [0.29, 0.717) is 5.56 Å². The van der Waals surface area contributed by atoms with Gasteiger partial charge in [0.25, 0.3) is 11.9 Å². The molecule has 0 atom stereocenters. The zero-order chi connectivity index (χ0) is 10.7. The number of esters is 1. The van der Waals surface area contributed by atoms with E-state index in [0.717, 1.165) is 0 Å². The number of hydrogen-bond donors (Lipinski definition) is 1. The van der Waals surface area contributed by atoms with Crippen LogP contribution in [0.25, 0.3) is 0 Å². The lowest BCUT2D eigenvalue weighted by atomic mass is 10.2. The fraction of sp³-hybridized carbons (Fsp3) is 0.100. The highest BCUT2D eigenvalue weighted by molar-refractivity contribution is 6.07. The maximum Gasteiger partial charge on any atom is 0.335 e. The molecular formula is C10H8N2O3. The second kappa shape index (κ2) is 3.91. The van der Waals surface area contributed by atoms with Gasteiger partial charge in [-0.05, 0) is 12.1 Å². The van der Waals surface area contributed by atoms with Gasteiger partial charge >= 0.3 is 5.97 Å². The summed E-state index contributed by atoms with van der Waals surface area (Å²) >= 11 is 0. The van der Waals surface area contributed by atoms with Crippen LogP contribution in [-0.2, 0) is 9.53 Å². The van der Waals surface area contributed by atoms with Gasteiger partial charge in [-0.15, -0.1) is 0 Å². The molecule has 0 fully saturated rings. The fourth-order valence-corrected chi connectivity index (χ4v) is 1.13. The summed E-state index contributed by atoms with van der Waals surface area (Å²) in [6.45, 7) is -0.0373. The van der Waals surface area contributed by atoms with Crippen LogP contribution in [-0.4, -0.2) is 24.4 Å². The highest BCUT2D eigenvalue weighted by Crippen LogP contribution is 1.99. The SMILES string of the molecule is O=C1CN=C(NC(=O)c2ccccc2)O1. The van der Waals surface area contributed by atoms with Crippen molar-refractivity contribution in [1.29, 1.82) is 0 Å².